The van der Waals surface area contributed by atoms with Crippen LogP contribution in [0.1, 0.15) is 21.5 Å². The molecule has 0 unspecified atom stereocenters. The lowest BCUT2D eigenvalue weighted by Gasteiger charge is -2.16. The van der Waals surface area contributed by atoms with Crippen LogP contribution < -0.4 is 14.9 Å². The Labute approximate surface area is 187 Å². The van der Waals surface area contributed by atoms with Gasteiger partial charge in [-0.2, -0.15) is 0 Å². The second-order valence-electron chi connectivity index (χ2n) is 7.41. The topological polar surface area (TPSA) is 78.5 Å². The van der Waals surface area contributed by atoms with Crippen molar-refractivity contribution in [2.24, 2.45) is 0 Å². The Bertz CT molecular complexity index is 1240. The van der Waals surface area contributed by atoms with E-state index in [-0.39, 0.29) is 10.5 Å². The maximum Gasteiger partial charge on any atom is 0.261 e. The molecule has 0 aromatic heterocycles. The smallest absolute Gasteiger partial charge is 0.261 e. The molecule has 0 atom stereocenters. The fourth-order valence-corrected chi connectivity index (χ4v) is 4.56. The van der Waals surface area contributed by atoms with Gasteiger partial charge in [-0.1, -0.05) is 35.9 Å². The molecule has 2 N–H and O–H groups in total. The van der Waals surface area contributed by atoms with Crippen LogP contribution in [0, 0.1) is 13.8 Å². The van der Waals surface area contributed by atoms with E-state index in [0.717, 1.165) is 11.3 Å². The molecule has 0 radical (unpaired) electrons. The van der Waals surface area contributed by atoms with Gasteiger partial charge >= 0.3 is 0 Å². The molecule has 6 nitrogen and oxygen atoms in total. The number of carbonyl (C=O) groups excluding carboxylic acids is 1. The highest BCUT2D eigenvalue weighted by Crippen LogP contribution is 2.28. The monoisotopic (exact) mass is 457 g/mol. The Balaban J connectivity index is 1.87. The summed E-state index contributed by atoms with van der Waals surface area (Å²) in [6.45, 7) is 3.57. The highest BCUT2D eigenvalue weighted by molar-refractivity contribution is 7.92. The predicted octanol–water partition coefficient (Wildman–Crippen LogP) is 5.08. The molecule has 162 valence electrons. The van der Waals surface area contributed by atoms with Gasteiger partial charge in [0.1, 0.15) is 0 Å². The molecule has 3 aromatic rings. The summed E-state index contributed by atoms with van der Waals surface area (Å²) in [6.07, 6.45) is 0. The fourth-order valence-electron chi connectivity index (χ4n) is 3.05. The lowest BCUT2D eigenvalue weighted by Crippen LogP contribution is -2.17. The van der Waals surface area contributed by atoms with Gasteiger partial charge in [0.25, 0.3) is 15.9 Å². The van der Waals surface area contributed by atoms with Crippen molar-refractivity contribution in [3.05, 3.63) is 82.4 Å². The van der Waals surface area contributed by atoms with Crippen molar-refractivity contribution in [3.8, 4) is 0 Å². The van der Waals surface area contributed by atoms with Crippen molar-refractivity contribution in [1.29, 1.82) is 0 Å². The van der Waals surface area contributed by atoms with E-state index in [1.165, 1.54) is 12.1 Å². The highest BCUT2D eigenvalue weighted by atomic mass is 35.5. The molecular weight excluding hydrogens is 434 g/mol. The van der Waals surface area contributed by atoms with Crippen molar-refractivity contribution >= 4 is 44.6 Å². The first kappa shape index (κ1) is 22.7. The third kappa shape index (κ3) is 5.18. The van der Waals surface area contributed by atoms with Crippen LogP contribution in [-0.4, -0.2) is 28.4 Å². The van der Waals surface area contributed by atoms with Crippen molar-refractivity contribution in [3.63, 3.8) is 0 Å². The summed E-state index contributed by atoms with van der Waals surface area (Å²) in [5.74, 6) is -0.417. The van der Waals surface area contributed by atoms with E-state index in [4.69, 9.17) is 11.6 Å². The first-order chi connectivity index (χ1) is 14.6. The zero-order valence-corrected chi connectivity index (χ0v) is 19.3. The predicted molar refractivity (Wildman–Crippen MR) is 127 cm³/mol. The number of carbonyl (C=O) groups is 1. The Kier molecular flexibility index (Phi) is 6.57. The molecular formula is C23H24ClN3O3S. The van der Waals surface area contributed by atoms with Crippen LogP contribution in [0.2, 0.25) is 5.02 Å². The van der Waals surface area contributed by atoms with E-state index in [1.54, 1.807) is 43.3 Å². The van der Waals surface area contributed by atoms with E-state index >= 15 is 0 Å². The number of anilines is 3. The van der Waals surface area contributed by atoms with Crippen LogP contribution in [0.25, 0.3) is 0 Å². The number of rotatable bonds is 6. The number of aryl methyl sites for hydroxylation is 2. The number of amides is 1. The number of para-hydroxylation sites is 1. The number of hydrogen-bond acceptors (Lipinski definition) is 4. The first-order valence-electron chi connectivity index (χ1n) is 9.56. The van der Waals surface area contributed by atoms with Crippen LogP contribution >= 0.6 is 11.6 Å². The van der Waals surface area contributed by atoms with Crippen molar-refractivity contribution in [2.75, 3.05) is 29.0 Å². The average Bonchev–Trinajstić information content (AvgIpc) is 2.69. The summed E-state index contributed by atoms with van der Waals surface area (Å²) < 4.78 is 28.3. The lowest BCUT2D eigenvalue weighted by molar-refractivity contribution is 0.102. The molecule has 0 aliphatic heterocycles. The molecule has 0 aliphatic rings. The number of hydrogen-bond donors (Lipinski definition) is 2. The Morgan fingerprint density at radius 2 is 1.65 bits per heavy atom. The number of nitrogens with one attached hydrogen (secondary N) is 2. The molecule has 0 aliphatic carbocycles. The second-order valence-corrected chi connectivity index (χ2v) is 9.50. The van der Waals surface area contributed by atoms with Crippen molar-refractivity contribution in [1.82, 2.24) is 0 Å². The van der Waals surface area contributed by atoms with E-state index in [2.05, 4.69) is 10.0 Å². The van der Waals surface area contributed by atoms with Crippen LogP contribution in [0.4, 0.5) is 17.1 Å². The molecule has 0 saturated carbocycles. The van der Waals surface area contributed by atoms with E-state index in [1.807, 2.05) is 38.1 Å². The quantitative estimate of drug-likeness (QED) is 0.541. The number of sulfonamides is 1. The zero-order chi connectivity index (χ0) is 22.8. The molecule has 3 rings (SSSR count). The van der Waals surface area contributed by atoms with Gasteiger partial charge in [-0.05, 0) is 61.4 Å². The fraction of sp³-hybridized carbons (Fsp3) is 0.174. The molecule has 3 aromatic carbocycles. The SMILES string of the molecule is Cc1ccccc1NS(=O)(=O)c1ccc(C)c(C(=O)Nc2ccc(N(C)C)c(Cl)c2)c1. The van der Waals surface area contributed by atoms with Gasteiger partial charge in [0.05, 0.1) is 21.3 Å². The third-order valence-electron chi connectivity index (χ3n) is 4.84. The minimum Gasteiger partial charge on any atom is -0.376 e. The van der Waals surface area contributed by atoms with Crippen LogP contribution in [0.15, 0.2) is 65.6 Å². The molecule has 0 heterocycles. The Morgan fingerprint density at radius 3 is 2.29 bits per heavy atom. The van der Waals surface area contributed by atoms with E-state index in [9.17, 15) is 13.2 Å². The van der Waals surface area contributed by atoms with Gasteiger partial charge in [0.15, 0.2) is 0 Å². The van der Waals surface area contributed by atoms with Gasteiger partial charge in [0, 0.05) is 25.3 Å². The van der Waals surface area contributed by atoms with Gasteiger partial charge in [0.2, 0.25) is 0 Å². The zero-order valence-electron chi connectivity index (χ0n) is 17.7. The van der Waals surface area contributed by atoms with Crippen LogP contribution in [0.5, 0.6) is 0 Å². The minimum atomic E-state index is -3.86. The summed E-state index contributed by atoms with van der Waals surface area (Å²) in [6, 6.07) is 16.8. The van der Waals surface area contributed by atoms with Gasteiger partial charge in [-0.25, -0.2) is 8.42 Å². The molecule has 8 heteroatoms. The average molecular weight is 458 g/mol. The minimum absolute atomic E-state index is 0.00694. The lowest BCUT2D eigenvalue weighted by atomic mass is 10.1. The molecule has 0 bridgehead atoms. The second kappa shape index (κ2) is 8.99. The van der Waals surface area contributed by atoms with E-state index in [0.29, 0.717) is 22.0 Å². The molecule has 1 amide bonds. The van der Waals surface area contributed by atoms with Crippen molar-refractivity contribution in [2.45, 2.75) is 18.7 Å². The largest absolute Gasteiger partial charge is 0.376 e. The maximum absolute atomic E-state index is 12.9. The number of nitrogens with zero attached hydrogens (tertiary/aromatic N) is 1. The number of benzene rings is 3. The molecule has 0 saturated heterocycles. The first-order valence-corrected chi connectivity index (χ1v) is 11.4. The highest BCUT2D eigenvalue weighted by Gasteiger charge is 2.19. The summed E-state index contributed by atoms with van der Waals surface area (Å²) in [4.78, 5) is 14.8. The standard InChI is InChI=1S/C23H24ClN3O3S/c1-15-9-11-18(31(29,30)26-21-8-6-5-7-16(21)2)14-19(15)23(28)25-17-10-12-22(27(3)4)20(24)13-17/h5-14,26H,1-4H3,(H,25,28). The maximum atomic E-state index is 12.9. The van der Waals surface area contributed by atoms with Crippen molar-refractivity contribution < 1.29 is 13.2 Å². The van der Waals surface area contributed by atoms with Gasteiger partial charge in [-0.3, -0.25) is 9.52 Å². The summed E-state index contributed by atoms with van der Waals surface area (Å²) in [5.41, 5.74) is 3.56. The number of halogens is 1. The van der Waals surface area contributed by atoms with Crippen LogP contribution in [-0.2, 0) is 10.0 Å². The Hall–Kier alpha value is -3.03. The molecule has 31 heavy (non-hydrogen) atoms. The summed E-state index contributed by atoms with van der Waals surface area (Å²) in [5, 5.41) is 3.28. The summed E-state index contributed by atoms with van der Waals surface area (Å²) in [7, 11) is -0.110. The van der Waals surface area contributed by atoms with E-state index < -0.39 is 15.9 Å². The third-order valence-corrected chi connectivity index (χ3v) is 6.51. The molecule has 0 fully saturated rings. The summed E-state index contributed by atoms with van der Waals surface area (Å²) >= 11 is 6.28. The van der Waals surface area contributed by atoms with Gasteiger partial charge < -0.3 is 10.2 Å². The molecule has 0 spiro atoms. The van der Waals surface area contributed by atoms with Gasteiger partial charge in [-0.15, -0.1) is 0 Å². The normalized spacial score (nSPS) is 11.1. The Morgan fingerprint density at radius 1 is 0.935 bits per heavy atom. The van der Waals surface area contributed by atoms with Crippen LogP contribution in [0.3, 0.4) is 0 Å².